The Morgan fingerprint density at radius 1 is 1.67 bits per heavy atom. The highest BCUT2D eigenvalue weighted by molar-refractivity contribution is 6.31. The fraction of sp³-hybridized carbons (Fsp3) is 0.571. The molecule has 86 valence electrons. The minimum atomic E-state index is -4.51. The van der Waals surface area contributed by atoms with Gasteiger partial charge in [-0.05, 0) is 6.92 Å². The highest BCUT2D eigenvalue weighted by Gasteiger charge is 2.43. The normalized spacial score (nSPS) is 14.3. The Morgan fingerprint density at radius 3 is 2.67 bits per heavy atom. The first-order valence-corrected chi connectivity index (χ1v) is 4.53. The molecule has 1 aromatic heterocycles. The second-order valence-corrected chi connectivity index (χ2v) is 3.24. The van der Waals surface area contributed by atoms with Gasteiger partial charge in [-0.3, -0.25) is 10.5 Å². The van der Waals surface area contributed by atoms with E-state index in [0.717, 1.165) is 10.9 Å². The van der Waals surface area contributed by atoms with E-state index in [1.165, 1.54) is 0 Å². The van der Waals surface area contributed by atoms with Gasteiger partial charge in [0.2, 0.25) is 0 Å². The zero-order valence-corrected chi connectivity index (χ0v) is 8.60. The number of aromatic nitrogens is 2. The lowest BCUT2D eigenvalue weighted by Crippen LogP contribution is -2.40. The minimum absolute atomic E-state index is 0.0582. The van der Waals surface area contributed by atoms with E-state index in [0.29, 0.717) is 0 Å². The summed E-state index contributed by atoms with van der Waals surface area (Å²) in [5, 5.41) is 3.65. The number of hydrogen-bond acceptors (Lipinski definition) is 3. The zero-order chi connectivity index (χ0) is 11.6. The number of hydrogen-bond donors (Lipinski definition) is 2. The van der Waals surface area contributed by atoms with Crippen molar-refractivity contribution in [3.05, 3.63) is 16.9 Å². The topological polar surface area (TPSA) is 55.9 Å². The van der Waals surface area contributed by atoms with Crippen molar-refractivity contribution in [1.82, 2.24) is 15.2 Å². The molecule has 1 unspecified atom stereocenters. The Hall–Kier alpha value is -0.790. The Morgan fingerprint density at radius 2 is 2.27 bits per heavy atom. The van der Waals surface area contributed by atoms with Crippen LogP contribution in [0.1, 0.15) is 18.7 Å². The molecule has 4 nitrogen and oxygen atoms in total. The van der Waals surface area contributed by atoms with Gasteiger partial charge in [0.15, 0.2) is 6.04 Å². The van der Waals surface area contributed by atoms with Crippen molar-refractivity contribution in [2.24, 2.45) is 5.84 Å². The first-order valence-electron chi connectivity index (χ1n) is 4.15. The molecule has 0 aromatic carbocycles. The molecule has 1 rings (SSSR count). The molecule has 0 fully saturated rings. The molecule has 8 heteroatoms. The quantitative estimate of drug-likeness (QED) is 0.626. The number of rotatable bonds is 3. The molecule has 1 aromatic rings. The molecule has 0 aliphatic rings. The molecule has 0 aliphatic heterocycles. The summed E-state index contributed by atoms with van der Waals surface area (Å²) in [6.07, 6.45) is -3.35. The number of nitrogens with one attached hydrogen (secondary N) is 1. The van der Waals surface area contributed by atoms with Crippen LogP contribution in [0.25, 0.3) is 0 Å². The predicted molar refractivity (Wildman–Crippen MR) is 49.0 cm³/mol. The third-order valence-corrected chi connectivity index (χ3v) is 2.19. The van der Waals surface area contributed by atoms with E-state index >= 15 is 0 Å². The monoisotopic (exact) mass is 242 g/mol. The lowest BCUT2D eigenvalue weighted by molar-refractivity contribution is -0.159. The number of halogens is 4. The van der Waals surface area contributed by atoms with E-state index in [2.05, 4.69) is 5.10 Å². The predicted octanol–water partition coefficient (Wildman–Crippen LogP) is 1.62. The third-order valence-electron chi connectivity index (χ3n) is 1.90. The van der Waals surface area contributed by atoms with Gasteiger partial charge in [-0.15, -0.1) is 0 Å². The Balaban J connectivity index is 3.16. The van der Waals surface area contributed by atoms with Gasteiger partial charge in [-0.2, -0.15) is 18.3 Å². The Bertz CT molecular complexity index is 335. The van der Waals surface area contributed by atoms with Crippen LogP contribution in [0.4, 0.5) is 13.2 Å². The maximum absolute atomic E-state index is 12.5. The molecular formula is C7H10ClF3N4. The van der Waals surface area contributed by atoms with Crippen LogP contribution in [0.15, 0.2) is 6.20 Å². The van der Waals surface area contributed by atoms with Crippen LogP contribution in [0.3, 0.4) is 0 Å². The van der Waals surface area contributed by atoms with Gasteiger partial charge in [-0.25, -0.2) is 5.43 Å². The van der Waals surface area contributed by atoms with Crippen LogP contribution in [0, 0.1) is 0 Å². The summed E-state index contributed by atoms with van der Waals surface area (Å²) < 4.78 is 38.8. The van der Waals surface area contributed by atoms with E-state index in [-0.39, 0.29) is 17.3 Å². The van der Waals surface area contributed by atoms with Crippen molar-refractivity contribution in [3.8, 4) is 0 Å². The zero-order valence-electron chi connectivity index (χ0n) is 7.85. The van der Waals surface area contributed by atoms with Gasteiger partial charge in [-0.1, -0.05) is 11.6 Å². The molecule has 1 heterocycles. The maximum atomic E-state index is 12.5. The van der Waals surface area contributed by atoms with Crippen LogP contribution >= 0.6 is 11.6 Å². The van der Waals surface area contributed by atoms with Gasteiger partial charge >= 0.3 is 6.18 Å². The molecule has 3 N–H and O–H groups in total. The molecule has 0 amide bonds. The van der Waals surface area contributed by atoms with E-state index < -0.39 is 12.2 Å². The summed E-state index contributed by atoms with van der Waals surface area (Å²) in [5.41, 5.74) is 1.52. The minimum Gasteiger partial charge on any atom is -0.271 e. The lowest BCUT2D eigenvalue weighted by Gasteiger charge is -2.20. The maximum Gasteiger partial charge on any atom is 0.410 e. The first-order chi connectivity index (χ1) is 6.91. The van der Waals surface area contributed by atoms with Crippen molar-refractivity contribution in [2.45, 2.75) is 25.7 Å². The van der Waals surface area contributed by atoms with Gasteiger partial charge in [0.05, 0.1) is 16.9 Å². The molecule has 0 saturated heterocycles. The lowest BCUT2D eigenvalue weighted by atomic mass is 10.2. The summed E-state index contributed by atoms with van der Waals surface area (Å²) in [7, 11) is 0. The van der Waals surface area contributed by atoms with E-state index in [4.69, 9.17) is 17.4 Å². The van der Waals surface area contributed by atoms with Gasteiger partial charge < -0.3 is 0 Å². The average molecular weight is 243 g/mol. The number of nitrogens with two attached hydrogens (primary N) is 1. The van der Waals surface area contributed by atoms with Crippen molar-refractivity contribution in [2.75, 3.05) is 0 Å². The number of alkyl halides is 3. The first kappa shape index (κ1) is 12.3. The molecule has 1 atom stereocenters. The third kappa shape index (κ3) is 2.42. The second-order valence-electron chi connectivity index (χ2n) is 2.83. The van der Waals surface area contributed by atoms with Gasteiger partial charge in [0, 0.05) is 6.54 Å². The molecule has 0 saturated carbocycles. The molecular weight excluding hydrogens is 233 g/mol. The van der Waals surface area contributed by atoms with E-state index in [1.807, 2.05) is 0 Å². The summed E-state index contributed by atoms with van der Waals surface area (Å²) in [5.74, 6) is 4.87. The van der Waals surface area contributed by atoms with Crippen molar-refractivity contribution in [3.63, 3.8) is 0 Å². The molecule has 0 aliphatic carbocycles. The fourth-order valence-electron chi connectivity index (χ4n) is 1.24. The SMILES string of the molecule is CCn1ncc(Cl)c1C(NN)C(F)(F)F. The standard InChI is InChI=1S/C7H10ClF3N4/c1-2-15-5(4(8)3-13-15)6(14-12)7(9,10)11/h3,6,14H,2,12H2,1H3. The van der Waals surface area contributed by atoms with E-state index in [9.17, 15) is 13.2 Å². The fourth-order valence-corrected chi connectivity index (χ4v) is 1.49. The average Bonchev–Trinajstić information content (AvgIpc) is 2.47. The number of nitrogens with zero attached hydrogens (tertiary/aromatic N) is 2. The molecule has 15 heavy (non-hydrogen) atoms. The van der Waals surface area contributed by atoms with Crippen LogP contribution in [-0.4, -0.2) is 16.0 Å². The number of hydrazine groups is 1. The van der Waals surface area contributed by atoms with Crippen LogP contribution < -0.4 is 11.3 Å². The van der Waals surface area contributed by atoms with Crippen molar-refractivity contribution < 1.29 is 13.2 Å². The Kier molecular flexibility index (Phi) is 3.58. The van der Waals surface area contributed by atoms with Crippen molar-refractivity contribution in [1.29, 1.82) is 0 Å². The largest absolute Gasteiger partial charge is 0.410 e. The van der Waals surface area contributed by atoms with Gasteiger partial charge in [0.1, 0.15) is 0 Å². The molecule has 0 radical (unpaired) electrons. The number of aryl methyl sites for hydroxylation is 1. The Labute approximate surface area is 89.2 Å². The van der Waals surface area contributed by atoms with E-state index in [1.54, 1.807) is 12.3 Å². The summed E-state index contributed by atoms with van der Waals surface area (Å²) in [4.78, 5) is 0. The smallest absolute Gasteiger partial charge is 0.271 e. The highest BCUT2D eigenvalue weighted by Crippen LogP contribution is 2.35. The summed E-state index contributed by atoms with van der Waals surface area (Å²) in [6.45, 7) is 1.95. The van der Waals surface area contributed by atoms with Crippen molar-refractivity contribution >= 4 is 11.6 Å². The van der Waals surface area contributed by atoms with Gasteiger partial charge in [0.25, 0.3) is 0 Å². The molecule has 0 spiro atoms. The van der Waals surface area contributed by atoms with Crippen LogP contribution in [0.5, 0.6) is 0 Å². The second kappa shape index (κ2) is 4.38. The molecule has 0 bridgehead atoms. The summed E-state index contributed by atoms with van der Waals surface area (Å²) >= 11 is 5.62. The van der Waals surface area contributed by atoms with Crippen LogP contribution in [-0.2, 0) is 6.54 Å². The highest BCUT2D eigenvalue weighted by atomic mass is 35.5. The summed E-state index contributed by atoms with van der Waals surface area (Å²) in [6, 6.07) is -2.01. The van der Waals surface area contributed by atoms with Crippen LogP contribution in [0.2, 0.25) is 5.02 Å².